The number of anilines is 1. The zero-order valence-corrected chi connectivity index (χ0v) is 12.7. The molecule has 0 fully saturated rings. The van der Waals surface area contributed by atoms with Gasteiger partial charge in [0.2, 0.25) is 5.82 Å². The minimum Gasteiger partial charge on any atom is -0.360 e. The van der Waals surface area contributed by atoms with Gasteiger partial charge in [-0.25, -0.2) is 8.78 Å². The highest BCUT2D eigenvalue weighted by Crippen LogP contribution is 2.28. The first-order chi connectivity index (χ1) is 11.3. The van der Waals surface area contributed by atoms with Crippen molar-refractivity contribution in [1.82, 2.24) is 15.3 Å². The molecule has 0 spiro atoms. The summed E-state index contributed by atoms with van der Waals surface area (Å²) in [7, 11) is 0. The van der Waals surface area contributed by atoms with E-state index >= 15 is 0 Å². The first kappa shape index (κ1) is 15.8. The molecule has 1 aromatic carbocycles. The van der Waals surface area contributed by atoms with E-state index in [1.54, 1.807) is 6.92 Å². The predicted molar refractivity (Wildman–Crippen MR) is 78.5 cm³/mol. The smallest absolute Gasteiger partial charge is 0.316 e. The maximum atomic E-state index is 13.2. The van der Waals surface area contributed by atoms with Crippen LogP contribution in [0.4, 0.5) is 14.6 Å². The summed E-state index contributed by atoms with van der Waals surface area (Å²) in [6.07, 6.45) is 0. The van der Waals surface area contributed by atoms with Gasteiger partial charge in [0, 0.05) is 24.1 Å². The lowest BCUT2D eigenvalue weighted by Gasteiger charge is -2.09. The van der Waals surface area contributed by atoms with Crippen LogP contribution in [0.25, 0.3) is 11.4 Å². The number of carbonyl (C=O) groups is 1. The Morgan fingerprint density at radius 1 is 1.17 bits per heavy atom. The molecule has 3 rings (SSSR count). The molecule has 0 aliphatic rings. The maximum absolute atomic E-state index is 13.2. The zero-order chi connectivity index (χ0) is 17.3. The highest BCUT2D eigenvalue weighted by Gasteiger charge is 2.24. The van der Waals surface area contributed by atoms with Gasteiger partial charge in [-0.05, 0) is 6.92 Å². The Labute approximate surface area is 134 Å². The number of nitrogens with zero attached hydrogens (tertiary/aromatic N) is 3. The second kappa shape index (κ2) is 5.84. The molecule has 124 valence electrons. The topological polar surface area (TPSA) is 94.1 Å². The van der Waals surface area contributed by atoms with Gasteiger partial charge in [-0.1, -0.05) is 34.6 Å². The molecule has 2 heterocycles. The fourth-order valence-corrected chi connectivity index (χ4v) is 1.94. The van der Waals surface area contributed by atoms with Crippen LogP contribution in [-0.4, -0.2) is 21.2 Å². The van der Waals surface area contributed by atoms with Gasteiger partial charge in [-0.15, -0.1) is 0 Å². The fourth-order valence-electron chi connectivity index (χ4n) is 1.94. The van der Waals surface area contributed by atoms with Crippen LogP contribution in [0.1, 0.15) is 28.9 Å². The molecule has 3 aromatic rings. The third-order valence-electron chi connectivity index (χ3n) is 3.14. The summed E-state index contributed by atoms with van der Waals surface area (Å²) in [4.78, 5) is 15.9. The summed E-state index contributed by atoms with van der Waals surface area (Å²) in [5, 5.41) is 9.71. The molecule has 24 heavy (non-hydrogen) atoms. The van der Waals surface area contributed by atoms with Crippen molar-refractivity contribution in [2.45, 2.75) is 19.8 Å². The van der Waals surface area contributed by atoms with Gasteiger partial charge < -0.3 is 9.05 Å². The van der Waals surface area contributed by atoms with Crippen LogP contribution in [-0.2, 0) is 5.92 Å². The minimum atomic E-state index is -2.93. The lowest BCUT2D eigenvalue weighted by Crippen LogP contribution is -2.12. The monoisotopic (exact) mass is 334 g/mol. The molecule has 0 atom stereocenters. The molecule has 0 bridgehead atoms. The number of benzene rings is 1. The van der Waals surface area contributed by atoms with Gasteiger partial charge in [0.1, 0.15) is 5.76 Å². The second-order valence-electron chi connectivity index (χ2n) is 5.17. The number of rotatable bonds is 4. The van der Waals surface area contributed by atoms with Crippen LogP contribution in [0, 0.1) is 6.92 Å². The molecule has 1 N–H and O–H groups in total. The molecule has 0 radical (unpaired) electrons. The maximum Gasteiger partial charge on any atom is 0.316 e. The number of hydrogen-bond acceptors (Lipinski definition) is 6. The summed E-state index contributed by atoms with van der Waals surface area (Å²) in [5.41, 5.74) is 0.317. The van der Waals surface area contributed by atoms with Crippen LogP contribution in [0.3, 0.4) is 0 Å². The third-order valence-corrected chi connectivity index (χ3v) is 3.14. The normalized spacial score (nSPS) is 11.5. The van der Waals surface area contributed by atoms with E-state index in [1.807, 2.05) is 0 Å². The lowest BCUT2D eigenvalue weighted by molar-refractivity contribution is 0.0175. The van der Waals surface area contributed by atoms with Gasteiger partial charge in [-0.2, -0.15) is 4.98 Å². The van der Waals surface area contributed by atoms with Crippen molar-refractivity contribution < 1.29 is 22.6 Å². The molecule has 0 saturated heterocycles. The van der Waals surface area contributed by atoms with Crippen LogP contribution < -0.4 is 5.32 Å². The van der Waals surface area contributed by atoms with Crippen molar-refractivity contribution in [3.8, 4) is 11.4 Å². The first-order valence-electron chi connectivity index (χ1n) is 6.90. The Bertz CT molecular complexity index is 865. The summed E-state index contributed by atoms with van der Waals surface area (Å²) < 4.78 is 36.1. The third kappa shape index (κ3) is 3.29. The molecular formula is C15H12F2N4O3. The Morgan fingerprint density at radius 3 is 2.46 bits per heavy atom. The molecule has 0 saturated carbocycles. The van der Waals surface area contributed by atoms with Gasteiger partial charge in [0.05, 0.1) is 0 Å². The number of aromatic nitrogens is 3. The van der Waals surface area contributed by atoms with E-state index in [0.29, 0.717) is 11.3 Å². The van der Waals surface area contributed by atoms with Crippen LogP contribution >= 0.6 is 0 Å². The summed E-state index contributed by atoms with van der Waals surface area (Å²) in [5.74, 6) is -3.01. The van der Waals surface area contributed by atoms with Crippen LogP contribution in [0.5, 0.6) is 0 Å². The average molecular weight is 334 g/mol. The van der Waals surface area contributed by atoms with Crippen molar-refractivity contribution in [3.63, 3.8) is 0 Å². The van der Waals surface area contributed by atoms with E-state index in [1.165, 1.54) is 30.3 Å². The minimum absolute atomic E-state index is 0.113. The largest absolute Gasteiger partial charge is 0.360 e. The Balaban J connectivity index is 1.76. The van der Waals surface area contributed by atoms with Gasteiger partial charge in [-0.3, -0.25) is 10.1 Å². The van der Waals surface area contributed by atoms with Crippen LogP contribution in [0.2, 0.25) is 0 Å². The molecule has 7 nitrogen and oxygen atoms in total. The zero-order valence-electron chi connectivity index (χ0n) is 12.7. The molecule has 0 aliphatic carbocycles. The number of amides is 1. The predicted octanol–water partition coefficient (Wildman–Crippen LogP) is 3.40. The molecule has 0 aliphatic heterocycles. The van der Waals surface area contributed by atoms with Crippen molar-refractivity contribution in [1.29, 1.82) is 0 Å². The molecule has 1 amide bonds. The first-order valence-corrected chi connectivity index (χ1v) is 6.90. The standard InChI is InChI=1S/C15H12F2N4O3/c1-8-7-11(20-23-8)18-13(22)14-19-12(21-24-14)9-3-5-10(6-4-9)15(2,16)17/h3-7H,1-2H3,(H,18,20,22). The SMILES string of the molecule is Cc1cc(NC(=O)c2nc(-c3ccc(C(C)(F)F)cc3)no2)no1. The Morgan fingerprint density at radius 2 is 1.88 bits per heavy atom. The van der Waals surface area contributed by atoms with E-state index in [2.05, 4.69) is 20.6 Å². The van der Waals surface area contributed by atoms with E-state index in [0.717, 1.165) is 6.92 Å². The highest BCUT2D eigenvalue weighted by molar-refractivity contribution is 6.00. The molecular weight excluding hydrogens is 322 g/mol. The number of carbonyl (C=O) groups excluding carboxylic acids is 1. The van der Waals surface area contributed by atoms with Crippen molar-refractivity contribution in [3.05, 3.63) is 47.5 Å². The van der Waals surface area contributed by atoms with E-state index < -0.39 is 11.8 Å². The van der Waals surface area contributed by atoms with Gasteiger partial charge in [0.15, 0.2) is 5.82 Å². The van der Waals surface area contributed by atoms with E-state index in [-0.39, 0.29) is 23.1 Å². The summed E-state index contributed by atoms with van der Waals surface area (Å²) in [6.45, 7) is 2.49. The number of alkyl halides is 2. The summed E-state index contributed by atoms with van der Waals surface area (Å²) in [6, 6.07) is 6.92. The van der Waals surface area contributed by atoms with Gasteiger partial charge in [0.25, 0.3) is 5.92 Å². The average Bonchev–Trinajstić information content (AvgIpc) is 3.16. The number of aryl methyl sites for hydroxylation is 1. The number of halogens is 2. The van der Waals surface area contributed by atoms with E-state index in [4.69, 9.17) is 9.05 Å². The van der Waals surface area contributed by atoms with Crippen molar-refractivity contribution in [2.75, 3.05) is 5.32 Å². The number of hydrogen-bond donors (Lipinski definition) is 1. The van der Waals surface area contributed by atoms with E-state index in [9.17, 15) is 13.6 Å². The lowest BCUT2D eigenvalue weighted by atomic mass is 10.1. The van der Waals surface area contributed by atoms with Crippen molar-refractivity contribution >= 4 is 11.7 Å². The molecule has 9 heteroatoms. The Kier molecular flexibility index (Phi) is 3.84. The van der Waals surface area contributed by atoms with Crippen molar-refractivity contribution in [2.24, 2.45) is 0 Å². The van der Waals surface area contributed by atoms with Crippen LogP contribution in [0.15, 0.2) is 39.4 Å². The Hall–Kier alpha value is -3.10. The fraction of sp³-hybridized carbons (Fsp3) is 0.200. The summed E-state index contributed by atoms with van der Waals surface area (Å²) >= 11 is 0. The van der Waals surface area contributed by atoms with Gasteiger partial charge >= 0.3 is 11.8 Å². The molecule has 0 unspecified atom stereocenters. The quantitative estimate of drug-likeness (QED) is 0.786. The number of nitrogens with one attached hydrogen (secondary N) is 1. The second-order valence-corrected chi connectivity index (χ2v) is 5.17. The molecule has 2 aromatic heterocycles. The highest BCUT2D eigenvalue weighted by atomic mass is 19.3.